The molecule has 0 radical (unpaired) electrons. The summed E-state index contributed by atoms with van der Waals surface area (Å²) in [7, 11) is 0. The Hall–Kier alpha value is -0.570. The number of carboxylic acids is 1. The first-order valence-electron chi connectivity index (χ1n) is 6.05. The van der Waals surface area contributed by atoms with Gasteiger partial charge in [-0.15, -0.1) is 0 Å². The van der Waals surface area contributed by atoms with Gasteiger partial charge in [-0.25, -0.2) is 0 Å². The Morgan fingerprint density at radius 3 is 2.20 bits per heavy atom. The maximum Gasteiger partial charge on any atom is 0.309 e. The van der Waals surface area contributed by atoms with Gasteiger partial charge < -0.3 is 10.2 Å². The molecule has 1 unspecified atom stereocenters. The van der Waals surface area contributed by atoms with Crippen molar-refractivity contribution < 1.29 is 15.0 Å². The fraction of sp³-hybridized carbons (Fsp3) is 0.917. The molecule has 1 aliphatic carbocycles. The van der Waals surface area contributed by atoms with Crippen molar-refractivity contribution in [2.75, 3.05) is 0 Å². The van der Waals surface area contributed by atoms with Crippen molar-refractivity contribution in [1.82, 2.24) is 0 Å². The van der Waals surface area contributed by atoms with E-state index >= 15 is 0 Å². The van der Waals surface area contributed by atoms with Crippen LogP contribution in [-0.2, 0) is 4.79 Å². The lowest BCUT2D eigenvalue weighted by atomic mass is 9.79. The standard InChI is InChI=1S/C12H22O3/c1-2-7-10(11(13)14)12(15)8-5-3-4-6-9-12/h10,15H,2-9H2,1H3,(H,13,14). The number of aliphatic carboxylic acids is 1. The number of hydrogen-bond donors (Lipinski definition) is 2. The molecule has 1 fully saturated rings. The molecular weight excluding hydrogens is 192 g/mol. The highest BCUT2D eigenvalue weighted by atomic mass is 16.4. The Bertz CT molecular complexity index is 205. The first-order chi connectivity index (χ1) is 7.10. The molecule has 0 bridgehead atoms. The first-order valence-corrected chi connectivity index (χ1v) is 6.05. The lowest BCUT2D eigenvalue weighted by molar-refractivity contribution is -0.154. The third-order valence-electron chi connectivity index (χ3n) is 3.49. The van der Waals surface area contributed by atoms with Crippen LogP contribution in [0.4, 0.5) is 0 Å². The van der Waals surface area contributed by atoms with Crippen LogP contribution >= 0.6 is 0 Å². The van der Waals surface area contributed by atoms with Gasteiger partial charge in [-0.3, -0.25) is 4.79 Å². The van der Waals surface area contributed by atoms with E-state index in [-0.39, 0.29) is 0 Å². The van der Waals surface area contributed by atoms with Crippen LogP contribution in [0.15, 0.2) is 0 Å². The second-order valence-corrected chi connectivity index (χ2v) is 4.70. The monoisotopic (exact) mass is 214 g/mol. The Balaban J connectivity index is 2.72. The Morgan fingerprint density at radius 1 is 1.27 bits per heavy atom. The normalized spacial score (nSPS) is 23.1. The quantitative estimate of drug-likeness (QED) is 0.707. The first kappa shape index (κ1) is 12.5. The number of hydrogen-bond acceptors (Lipinski definition) is 2. The largest absolute Gasteiger partial charge is 0.481 e. The van der Waals surface area contributed by atoms with Crippen LogP contribution in [0.5, 0.6) is 0 Å². The van der Waals surface area contributed by atoms with Gasteiger partial charge in [0.15, 0.2) is 0 Å². The predicted octanol–water partition coefficient (Wildman–Crippen LogP) is 2.57. The Labute approximate surface area is 91.5 Å². The van der Waals surface area contributed by atoms with Gasteiger partial charge in [-0.2, -0.15) is 0 Å². The summed E-state index contributed by atoms with van der Waals surface area (Å²) in [5.74, 6) is -1.40. The highest BCUT2D eigenvalue weighted by Gasteiger charge is 2.40. The zero-order valence-corrected chi connectivity index (χ0v) is 9.54. The summed E-state index contributed by atoms with van der Waals surface area (Å²) in [4.78, 5) is 11.1. The molecule has 15 heavy (non-hydrogen) atoms. The van der Waals surface area contributed by atoms with Crippen LogP contribution in [0.2, 0.25) is 0 Å². The molecule has 0 amide bonds. The van der Waals surface area contributed by atoms with E-state index in [4.69, 9.17) is 5.11 Å². The molecule has 3 heteroatoms. The highest BCUT2D eigenvalue weighted by Crippen LogP contribution is 2.35. The molecule has 0 aromatic rings. The molecule has 3 nitrogen and oxygen atoms in total. The van der Waals surface area contributed by atoms with Crippen LogP contribution in [0.3, 0.4) is 0 Å². The predicted molar refractivity (Wildman–Crippen MR) is 58.7 cm³/mol. The molecule has 1 aliphatic rings. The van der Waals surface area contributed by atoms with Crippen molar-refractivity contribution in [1.29, 1.82) is 0 Å². The molecule has 1 rings (SSSR count). The van der Waals surface area contributed by atoms with Crippen LogP contribution in [-0.4, -0.2) is 21.8 Å². The SMILES string of the molecule is CCCC(C(=O)O)C1(O)CCCCCC1. The third kappa shape index (κ3) is 3.20. The zero-order chi connectivity index (χ0) is 11.3. The summed E-state index contributed by atoms with van der Waals surface area (Å²) in [6, 6.07) is 0. The van der Waals surface area contributed by atoms with E-state index in [1.165, 1.54) is 0 Å². The minimum absolute atomic E-state index is 0.569. The molecule has 0 spiro atoms. The third-order valence-corrected chi connectivity index (χ3v) is 3.49. The molecular formula is C12H22O3. The maximum atomic E-state index is 11.1. The Morgan fingerprint density at radius 2 is 1.80 bits per heavy atom. The summed E-state index contributed by atoms with van der Waals surface area (Å²) >= 11 is 0. The lowest BCUT2D eigenvalue weighted by Crippen LogP contribution is -2.42. The number of carbonyl (C=O) groups is 1. The smallest absolute Gasteiger partial charge is 0.309 e. The van der Waals surface area contributed by atoms with E-state index in [0.29, 0.717) is 19.3 Å². The summed E-state index contributed by atoms with van der Waals surface area (Å²) in [5, 5.41) is 19.6. The molecule has 0 heterocycles. The molecule has 1 saturated carbocycles. The van der Waals surface area contributed by atoms with Crippen molar-refractivity contribution >= 4 is 5.97 Å². The minimum Gasteiger partial charge on any atom is -0.481 e. The Kier molecular flexibility index (Phi) is 4.58. The zero-order valence-electron chi connectivity index (χ0n) is 9.54. The second-order valence-electron chi connectivity index (χ2n) is 4.70. The molecule has 0 saturated heterocycles. The molecule has 0 aromatic heterocycles. The number of aliphatic hydroxyl groups is 1. The van der Waals surface area contributed by atoms with Gasteiger partial charge in [0.2, 0.25) is 0 Å². The molecule has 2 N–H and O–H groups in total. The van der Waals surface area contributed by atoms with Gasteiger partial charge in [-0.05, 0) is 19.3 Å². The van der Waals surface area contributed by atoms with Crippen molar-refractivity contribution in [3.8, 4) is 0 Å². The fourth-order valence-electron chi connectivity index (χ4n) is 2.60. The van der Waals surface area contributed by atoms with Gasteiger partial charge in [0, 0.05) is 0 Å². The van der Waals surface area contributed by atoms with Crippen LogP contribution in [0.25, 0.3) is 0 Å². The second kappa shape index (κ2) is 5.50. The summed E-state index contributed by atoms with van der Waals surface area (Å²) in [6.45, 7) is 1.97. The minimum atomic E-state index is -0.946. The van der Waals surface area contributed by atoms with Crippen molar-refractivity contribution in [2.45, 2.75) is 63.9 Å². The van der Waals surface area contributed by atoms with E-state index in [9.17, 15) is 9.90 Å². The van der Waals surface area contributed by atoms with Crippen molar-refractivity contribution in [2.24, 2.45) is 5.92 Å². The van der Waals surface area contributed by atoms with Crippen LogP contribution < -0.4 is 0 Å². The summed E-state index contributed by atoms with van der Waals surface area (Å²) in [5.41, 5.74) is -0.946. The van der Waals surface area contributed by atoms with Crippen molar-refractivity contribution in [3.05, 3.63) is 0 Å². The van der Waals surface area contributed by atoms with E-state index in [1.54, 1.807) is 0 Å². The highest BCUT2D eigenvalue weighted by molar-refractivity contribution is 5.71. The van der Waals surface area contributed by atoms with Gasteiger partial charge in [0.1, 0.15) is 0 Å². The topological polar surface area (TPSA) is 57.5 Å². The van der Waals surface area contributed by atoms with Crippen LogP contribution in [0, 0.1) is 5.92 Å². The molecule has 1 atom stereocenters. The molecule has 0 aliphatic heterocycles. The van der Waals surface area contributed by atoms with E-state index in [0.717, 1.165) is 32.1 Å². The van der Waals surface area contributed by atoms with E-state index in [1.807, 2.05) is 6.92 Å². The number of carboxylic acid groups (broad SMARTS) is 1. The lowest BCUT2D eigenvalue weighted by Gasteiger charge is -2.32. The van der Waals surface area contributed by atoms with Gasteiger partial charge in [0.05, 0.1) is 11.5 Å². The van der Waals surface area contributed by atoms with E-state index in [2.05, 4.69) is 0 Å². The fourth-order valence-corrected chi connectivity index (χ4v) is 2.60. The van der Waals surface area contributed by atoms with Crippen molar-refractivity contribution in [3.63, 3.8) is 0 Å². The van der Waals surface area contributed by atoms with Gasteiger partial charge in [-0.1, -0.05) is 39.0 Å². The summed E-state index contributed by atoms with van der Waals surface area (Å²) < 4.78 is 0. The average Bonchev–Trinajstić information content (AvgIpc) is 2.39. The molecule has 88 valence electrons. The van der Waals surface area contributed by atoms with Gasteiger partial charge >= 0.3 is 5.97 Å². The summed E-state index contributed by atoms with van der Waals surface area (Å²) in [6.07, 6.45) is 6.90. The average molecular weight is 214 g/mol. The van der Waals surface area contributed by atoms with E-state index < -0.39 is 17.5 Å². The van der Waals surface area contributed by atoms with Gasteiger partial charge in [0.25, 0.3) is 0 Å². The maximum absolute atomic E-state index is 11.1. The number of rotatable bonds is 4. The molecule has 0 aromatic carbocycles. The van der Waals surface area contributed by atoms with Crippen LogP contribution in [0.1, 0.15) is 58.3 Å².